The molecule has 1 aromatic rings. The molecule has 0 radical (unpaired) electrons. The molecule has 1 aromatic heterocycles. The Kier molecular flexibility index (Phi) is 3.65. The summed E-state index contributed by atoms with van der Waals surface area (Å²) in [5.74, 6) is 0.230. The van der Waals surface area contributed by atoms with Crippen molar-refractivity contribution in [3.05, 3.63) is 37.2 Å². The molecule has 0 bridgehead atoms. The zero-order valence-electron chi connectivity index (χ0n) is 6.94. The molecule has 0 N–H and O–H groups in total. The zero-order chi connectivity index (χ0) is 10.7. The van der Waals surface area contributed by atoms with E-state index in [0.29, 0.717) is 4.47 Å². The largest absolute Gasteiger partial charge is 0.335 e. The lowest BCUT2D eigenvalue weighted by Gasteiger charge is -2.02. The number of alkyl halides is 1. The smallest absolute Gasteiger partial charge is 0.307 e. The van der Waals surface area contributed by atoms with E-state index in [9.17, 15) is 14.9 Å². The number of nitro groups is 1. The number of hydrogen-bond donors (Lipinski definition) is 0. The predicted molar refractivity (Wildman–Crippen MR) is 55.8 cm³/mol. The molecule has 5 nitrogen and oxygen atoms in total. The summed E-state index contributed by atoms with van der Waals surface area (Å²) in [6.07, 6.45) is 1.47. The van der Waals surface area contributed by atoms with Gasteiger partial charge in [0.25, 0.3) is 0 Å². The lowest BCUT2D eigenvalue weighted by Crippen LogP contribution is -2.22. The van der Waals surface area contributed by atoms with Crippen molar-refractivity contribution in [1.29, 1.82) is 0 Å². The van der Waals surface area contributed by atoms with E-state index in [-0.39, 0.29) is 12.4 Å². The first-order chi connectivity index (χ1) is 6.56. The third-order valence-corrected chi connectivity index (χ3v) is 2.16. The molecule has 7 heteroatoms. The Bertz CT molecular complexity index is 418. The highest BCUT2D eigenvalue weighted by atomic mass is 79.9. The van der Waals surface area contributed by atoms with E-state index in [1.165, 1.54) is 16.8 Å². The number of aryl methyl sites for hydroxylation is 1. The van der Waals surface area contributed by atoms with Crippen LogP contribution in [0.3, 0.4) is 0 Å². The van der Waals surface area contributed by atoms with Crippen LogP contribution in [-0.4, -0.2) is 15.4 Å². The quantitative estimate of drug-likeness (QED) is 0.482. The number of hydrogen-bond acceptors (Lipinski definition) is 3. The van der Waals surface area contributed by atoms with Gasteiger partial charge in [-0.1, -0.05) is 0 Å². The molecule has 0 aliphatic heterocycles. The third kappa shape index (κ3) is 2.33. The van der Waals surface area contributed by atoms with Crippen LogP contribution in [0.4, 0.5) is 5.69 Å². The maximum Gasteiger partial charge on any atom is 0.335 e. The molecule has 0 fully saturated rings. The minimum Gasteiger partial charge on any atom is -0.307 e. The fourth-order valence-electron chi connectivity index (χ4n) is 0.972. The molecule has 1 heterocycles. The number of aromatic nitrogens is 1. The Labute approximate surface area is 92.6 Å². The van der Waals surface area contributed by atoms with E-state index < -0.39 is 16.2 Å². The molecule has 0 aliphatic rings. The van der Waals surface area contributed by atoms with Crippen LogP contribution >= 0.6 is 27.5 Å². The summed E-state index contributed by atoms with van der Waals surface area (Å²) in [5, 5.41) is 10.5. The molecule has 0 aromatic carbocycles. The second-order valence-electron chi connectivity index (χ2n) is 2.49. The van der Waals surface area contributed by atoms with Crippen molar-refractivity contribution in [2.24, 2.45) is 0 Å². The summed E-state index contributed by atoms with van der Waals surface area (Å²) >= 11 is 8.53. The van der Waals surface area contributed by atoms with Gasteiger partial charge in [0.2, 0.25) is 0 Å². The van der Waals surface area contributed by atoms with E-state index in [2.05, 4.69) is 15.9 Å². The van der Waals surface area contributed by atoms with Crippen molar-refractivity contribution in [2.75, 3.05) is 5.88 Å². The Morgan fingerprint density at radius 3 is 2.79 bits per heavy atom. The topological polar surface area (TPSA) is 65.1 Å². The average molecular weight is 281 g/mol. The Balaban J connectivity index is 3.32. The maximum absolute atomic E-state index is 11.4. The molecule has 0 atom stereocenters. The summed E-state index contributed by atoms with van der Waals surface area (Å²) in [4.78, 5) is 21.2. The highest BCUT2D eigenvalue weighted by molar-refractivity contribution is 9.10. The second-order valence-corrected chi connectivity index (χ2v) is 3.78. The summed E-state index contributed by atoms with van der Waals surface area (Å²) in [7, 11) is 0. The van der Waals surface area contributed by atoms with Crippen molar-refractivity contribution in [1.82, 2.24) is 4.57 Å². The van der Waals surface area contributed by atoms with Crippen LogP contribution in [0.1, 0.15) is 0 Å². The molecule has 0 saturated carbocycles. The van der Waals surface area contributed by atoms with Gasteiger partial charge < -0.3 is 4.57 Å². The monoisotopic (exact) mass is 280 g/mol. The van der Waals surface area contributed by atoms with Crippen LogP contribution in [0.25, 0.3) is 0 Å². The van der Waals surface area contributed by atoms with Crippen molar-refractivity contribution < 1.29 is 4.92 Å². The van der Waals surface area contributed by atoms with Gasteiger partial charge in [0.15, 0.2) is 0 Å². The summed E-state index contributed by atoms with van der Waals surface area (Å²) < 4.78 is 1.68. The van der Waals surface area contributed by atoms with Gasteiger partial charge in [-0.25, -0.2) is 0 Å². The van der Waals surface area contributed by atoms with Crippen LogP contribution < -0.4 is 5.56 Å². The van der Waals surface area contributed by atoms with Crippen LogP contribution in [0.15, 0.2) is 21.5 Å². The molecular formula is C7H6BrClN2O3. The van der Waals surface area contributed by atoms with Gasteiger partial charge in [0.05, 0.1) is 4.92 Å². The van der Waals surface area contributed by atoms with Crippen molar-refractivity contribution in [2.45, 2.75) is 6.54 Å². The molecule has 1 rings (SSSR count). The van der Waals surface area contributed by atoms with Gasteiger partial charge in [0, 0.05) is 29.2 Å². The van der Waals surface area contributed by atoms with Crippen molar-refractivity contribution >= 4 is 33.2 Å². The summed E-state index contributed by atoms with van der Waals surface area (Å²) in [6, 6.07) is 1.17. The Morgan fingerprint density at radius 2 is 2.29 bits per heavy atom. The lowest BCUT2D eigenvalue weighted by molar-refractivity contribution is -0.386. The second kappa shape index (κ2) is 4.56. The van der Waals surface area contributed by atoms with Crippen LogP contribution in [0.5, 0.6) is 0 Å². The Morgan fingerprint density at radius 1 is 1.64 bits per heavy atom. The lowest BCUT2D eigenvalue weighted by atomic mass is 10.4. The standard InChI is InChI=1S/C7H6BrClN2O3/c8-5-3-6(11(13)14)7(12)10(4-5)2-1-9/h3-4H,1-2H2. The van der Waals surface area contributed by atoms with Gasteiger partial charge in [-0.05, 0) is 15.9 Å². The Hall–Kier alpha value is -0.880. The fraction of sp³-hybridized carbons (Fsp3) is 0.286. The maximum atomic E-state index is 11.4. The molecule has 76 valence electrons. The molecule has 0 unspecified atom stereocenters. The number of pyridine rings is 1. The first-order valence-corrected chi connectivity index (χ1v) is 4.99. The fourth-order valence-corrected chi connectivity index (χ4v) is 1.62. The van der Waals surface area contributed by atoms with E-state index >= 15 is 0 Å². The normalized spacial score (nSPS) is 10.1. The van der Waals surface area contributed by atoms with E-state index in [1.54, 1.807) is 0 Å². The van der Waals surface area contributed by atoms with Gasteiger partial charge >= 0.3 is 11.2 Å². The highest BCUT2D eigenvalue weighted by Gasteiger charge is 2.15. The van der Waals surface area contributed by atoms with Gasteiger partial charge in [-0.15, -0.1) is 11.6 Å². The number of nitrogens with zero attached hydrogens (tertiary/aromatic N) is 2. The van der Waals surface area contributed by atoms with Gasteiger partial charge in [-0.2, -0.15) is 0 Å². The van der Waals surface area contributed by atoms with Crippen LogP contribution in [0, 0.1) is 10.1 Å². The van der Waals surface area contributed by atoms with E-state index in [1.807, 2.05) is 0 Å². The van der Waals surface area contributed by atoms with Crippen molar-refractivity contribution in [3.8, 4) is 0 Å². The van der Waals surface area contributed by atoms with Crippen LogP contribution in [0.2, 0.25) is 0 Å². The highest BCUT2D eigenvalue weighted by Crippen LogP contribution is 2.13. The number of rotatable bonds is 3. The molecule has 0 aliphatic carbocycles. The van der Waals surface area contributed by atoms with E-state index in [0.717, 1.165) is 0 Å². The molecule has 0 spiro atoms. The minimum absolute atomic E-state index is 0.230. The third-order valence-electron chi connectivity index (χ3n) is 1.56. The molecule has 0 saturated heterocycles. The molecule has 14 heavy (non-hydrogen) atoms. The van der Waals surface area contributed by atoms with Crippen molar-refractivity contribution in [3.63, 3.8) is 0 Å². The zero-order valence-corrected chi connectivity index (χ0v) is 9.29. The predicted octanol–water partition coefficient (Wildman–Crippen LogP) is 1.76. The first-order valence-electron chi connectivity index (χ1n) is 3.66. The molecule has 0 amide bonds. The van der Waals surface area contributed by atoms with Crippen LogP contribution in [-0.2, 0) is 6.54 Å². The summed E-state index contributed by atoms with van der Waals surface area (Å²) in [6.45, 7) is 0.251. The van der Waals surface area contributed by atoms with E-state index in [4.69, 9.17) is 11.6 Å². The first kappa shape index (κ1) is 11.2. The van der Waals surface area contributed by atoms with Gasteiger partial charge in [-0.3, -0.25) is 14.9 Å². The minimum atomic E-state index is -0.710. The summed E-state index contributed by atoms with van der Waals surface area (Å²) in [5.41, 5.74) is -1.09. The van der Waals surface area contributed by atoms with Gasteiger partial charge in [0.1, 0.15) is 0 Å². The number of halogens is 2. The SMILES string of the molecule is O=c1c([N+](=O)[O-])cc(Br)cn1CCCl. The molecular weight excluding hydrogens is 275 g/mol. The average Bonchev–Trinajstić information content (AvgIpc) is 2.10.